The van der Waals surface area contributed by atoms with Crippen molar-refractivity contribution in [3.8, 4) is 0 Å². The predicted octanol–water partition coefficient (Wildman–Crippen LogP) is 5.38. The molecule has 1 unspecified atom stereocenters. The molecule has 0 aromatic heterocycles. The van der Waals surface area contributed by atoms with Crippen molar-refractivity contribution in [2.75, 3.05) is 5.32 Å². The Morgan fingerprint density at radius 1 is 0.969 bits per heavy atom. The maximum Gasteiger partial charge on any atom is 0.411 e. The van der Waals surface area contributed by atoms with Crippen molar-refractivity contribution < 1.29 is 14.3 Å². The lowest BCUT2D eigenvalue weighted by Crippen LogP contribution is -2.52. The Hall–Kier alpha value is -2.51. The number of hydrogen-bond donors (Lipinski definition) is 2. The highest BCUT2D eigenvalue weighted by molar-refractivity contribution is 7.97. The molecule has 1 aliphatic rings. The van der Waals surface area contributed by atoms with Gasteiger partial charge in [0.2, 0.25) is 5.91 Å². The normalized spacial score (nSPS) is 16.3. The second kappa shape index (κ2) is 9.55. The average molecular weight is 456 g/mol. The molecule has 32 heavy (non-hydrogen) atoms. The van der Waals surface area contributed by atoms with Gasteiger partial charge in [0.15, 0.2) is 0 Å². The first kappa shape index (κ1) is 24.1. The molecule has 3 rings (SSSR count). The molecule has 6 nitrogen and oxygen atoms in total. The molecule has 2 aromatic carbocycles. The van der Waals surface area contributed by atoms with Crippen molar-refractivity contribution in [1.82, 2.24) is 9.62 Å². The third-order valence-electron chi connectivity index (χ3n) is 4.78. The quantitative estimate of drug-likeness (QED) is 0.606. The summed E-state index contributed by atoms with van der Waals surface area (Å²) in [5.41, 5.74) is 2.17. The average Bonchev–Trinajstić information content (AvgIpc) is 2.70. The van der Waals surface area contributed by atoms with E-state index in [1.807, 2.05) is 69.3 Å². The predicted molar refractivity (Wildman–Crippen MR) is 130 cm³/mol. The van der Waals surface area contributed by atoms with E-state index in [4.69, 9.17) is 4.74 Å². The zero-order valence-electron chi connectivity index (χ0n) is 19.7. The number of carbonyl (C=O) groups is 2. The van der Waals surface area contributed by atoms with Crippen molar-refractivity contribution in [3.63, 3.8) is 0 Å². The van der Waals surface area contributed by atoms with Gasteiger partial charge in [0, 0.05) is 22.5 Å². The van der Waals surface area contributed by atoms with Gasteiger partial charge in [-0.05, 0) is 88.9 Å². The van der Waals surface area contributed by atoms with Gasteiger partial charge in [-0.25, -0.2) is 4.79 Å². The Balaban J connectivity index is 1.74. The molecule has 0 saturated heterocycles. The van der Waals surface area contributed by atoms with Gasteiger partial charge in [-0.15, -0.1) is 0 Å². The molecule has 0 fully saturated rings. The van der Waals surface area contributed by atoms with E-state index in [1.165, 1.54) is 4.90 Å². The number of nitrogens with zero attached hydrogens (tertiary/aromatic N) is 1. The minimum atomic E-state index is -0.642. The number of hydrogen-bond acceptors (Lipinski definition) is 5. The Morgan fingerprint density at radius 2 is 1.59 bits per heavy atom. The van der Waals surface area contributed by atoms with Crippen LogP contribution in [0, 0.1) is 0 Å². The molecule has 1 heterocycles. The summed E-state index contributed by atoms with van der Waals surface area (Å²) < 4.78 is 8.96. The maximum atomic E-state index is 13.2. The summed E-state index contributed by atoms with van der Waals surface area (Å²) >= 11 is 1.55. The fourth-order valence-electron chi connectivity index (χ4n) is 3.31. The summed E-state index contributed by atoms with van der Waals surface area (Å²) in [5, 5.41) is 2.97. The molecule has 2 aromatic rings. The number of amides is 2. The number of fused-ring (bicyclic) bond motifs is 1. The van der Waals surface area contributed by atoms with Crippen LogP contribution in [0.15, 0.2) is 53.4 Å². The van der Waals surface area contributed by atoms with Crippen molar-refractivity contribution in [2.24, 2.45) is 0 Å². The van der Waals surface area contributed by atoms with Gasteiger partial charge >= 0.3 is 6.09 Å². The van der Waals surface area contributed by atoms with Crippen LogP contribution in [0.2, 0.25) is 0 Å². The van der Waals surface area contributed by atoms with E-state index in [-0.39, 0.29) is 11.4 Å². The zero-order chi connectivity index (χ0) is 23.5. The van der Waals surface area contributed by atoms with Crippen LogP contribution in [0.3, 0.4) is 0 Å². The lowest BCUT2D eigenvalue weighted by molar-refractivity contribution is -0.121. The highest BCUT2D eigenvalue weighted by Gasteiger charge is 2.37. The smallest absolute Gasteiger partial charge is 0.411 e. The monoisotopic (exact) mass is 455 g/mol. The third kappa shape index (κ3) is 6.74. The molecule has 2 N–H and O–H groups in total. The van der Waals surface area contributed by atoms with Crippen molar-refractivity contribution in [1.29, 1.82) is 0 Å². The summed E-state index contributed by atoms with van der Waals surface area (Å²) in [6, 6.07) is 14.9. The van der Waals surface area contributed by atoms with Crippen LogP contribution in [-0.4, -0.2) is 34.1 Å². The number of ether oxygens (including phenoxy) is 1. The van der Waals surface area contributed by atoms with Crippen LogP contribution in [0.25, 0.3) is 0 Å². The summed E-state index contributed by atoms with van der Waals surface area (Å²) in [6.45, 7) is 12.1. The maximum absolute atomic E-state index is 13.2. The minimum Gasteiger partial charge on any atom is -0.444 e. The molecule has 172 valence electrons. The molecule has 0 spiro atoms. The van der Waals surface area contributed by atoms with Crippen LogP contribution in [-0.2, 0) is 22.5 Å². The Kier molecular flexibility index (Phi) is 7.20. The molecular formula is C25H33N3O3S. The molecule has 2 amide bonds. The van der Waals surface area contributed by atoms with Crippen molar-refractivity contribution in [3.05, 3.63) is 59.7 Å². The molecule has 1 aliphatic heterocycles. The van der Waals surface area contributed by atoms with Gasteiger partial charge in [-0.2, -0.15) is 0 Å². The SMILES string of the molecule is CC(C)(C)NSc1ccc(NC(=O)C2Cc3ccccc3CN2C(=O)OC(C)(C)C)cc1. The summed E-state index contributed by atoms with van der Waals surface area (Å²) in [4.78, 5) is 28.7. The lowest BCUT2D eigenvalue weighted by atomic mass is 9.93. The Labute approximate surface area is 195 Å². The molecule has 7 heteroatoms. The van der Waals surface area contributed by atoms with Gasteiger partial charge in [0.05, 0.1) is 6.54 Å². The zero-order valence-corrected chi connectivity index (χ0v) is 20.5. The summed E-state index contributed by atoms with van der Waals surface area (Å²) in [6.07, 6.45) is -0.0304. The van der Waals surface area contributed by atoms with Crippen LogP contribution in [0.5, 0.6) is 0 Å². The molecule has 0 bridgehead atoms. The molecule has 0 radical (unpaired) electrons. The van der Waals surface area contributed by atoms with Crippen LogP contribution >= 0.6 is 11.9 Å². The number of nitrogens with one attached hydrogen (secondary N) is 2. The van der Waals surface area contributed by atoms with E-state index in [1.54, 1.807) is 11.9 Å². The van der Waals surface area contributed by atoms with Crippen molar-refractivity contribution >= 4 is 29.6 Å². The van der Waals surface area contributed by atoms with E-state index in [0.717, 1.165) is 16.0 Å². The Morgan fingerprint density at radius 3 is 2.19 bits per heavy atom. The van der Waals surface area contributed by atoms with Crippen molar-refractivity contribution in [2.45, 2.75) is 76.6 Å². The minimum absolute atomic E-state index is 0.0000498. The number of rotatable bonds is 4. The second-order valence-electron chi connectivity index (χ2n) is 10.1. The fourth-order valence-corrected chi connectivity index (χ4v) is 4.01. The van der Waals surface area contributed by atoms with E-state index in [0.29, 0.717) is 18.7 Å². The van der Waals surface area contributed by atoms with Crippen LogP contribution in [0.1, 0.15) is 52.7 Å². The van der Waals surface area contributed by atoms with Gasteiger partial charge < -0.3 is 10.1 Å². The largest absolute Gasteiger partial charge is 0.444 e. The van der Waals surface area contributed by atoms with E-state index in [9.17, 15) is 9.59 Å². The van der Waals surface area contributed by atoms with E-state index in [2.05, 4.69) is 30.8 Å². The highest BCUT2D eigenvalue weighted by Crippen LogP contribution is 2.27. The number of benzene rings is 2. The standard InChI is InChI=1S/C25H33N3O3S/c1-24(2,3)27-32-20-13-11-19(12-14-20)26-22(29)21-15-17-9-7-8-10-18(17)16-28(21)23(30)31-25(4,5)6/h7-14,21,27H,15-16H2,1-6H3,(H,26,29). The van der Waals surface area contributed by atoms with E-state index < -0.39 is 17.7 Å². The van der Waals surface area contributed by atoms with Gasteiger partial charge in [0.25, 0.3) is 0 Å². The molecule has 0 saturated carbocycles. The first-order valence-electron chi connectivity index (χ1n) is 10.8. The van der Waals surface area contributed by atoms with Gasteiger partial charge in [-0.1, -0.05) is 24.3 Å². The fraction of sp³-hybridized carbons (Fsp3) is 0.440. The molecule has 0 aliphatic carbocycles. The summed E-state index contributed by atoms with van der Waals surface area (Å²) in [7, 11) is 0. The third-order valence-corrected chi connectivity index (χ3v) is 6.00. The first-order valence-corrected chi connectivity index (χ1v) is 11.6. The van der Waals surface area contributed by atoms with Crippen LogP contribution in [0.4, 0.5) is 10.5 Å². The molecule has 1 atom stereocenters. The van der Waals surface area contributed by atoms with Crippen LogP contribution < -0.4 is 10.0 Å². The van der Waals surface area contributed by atoms with Gasteiger partial charge in [0.1, 0.15) is 11.6 Å². The molecular weight excluding hydrogens is 422 g/mol. The second-order valence-corrected chi connectivity index (χ2v) is 10.9. The highest BCUT2D eigenvalue weighted by atomic mass is 32.2. The number of carbonyl (C=O) groups excluding carboxylic acids is 2. The Bertz CT molecular complexity index is 962. The van der Waals surface area contributed by atoms with Gasteiger partial charge in [-0.3, -0.25) is 14.4 Å². The topological polar surface area (TPSA) is 70.7 Å². The first-order chi connectivity index (χ1) is 14.9. The lowest BCUT2D eigenvalue weighted by Gasteiger charge is -2.36. The van der Waals surface area contributed by atoms with E-state index >= 15 is 0 Å². The summed E-state index contributed by atoms with van der Waals surface area (Å²) in [5.74, 6) is -0.224. The number of anilines is 1.